The normalized spacial score (nSPS) is 8.75. The summed E-state index contributed by atoms with van der Waals surface area (Å²) < 4.78 is 0.310. The predicted molar refractivity (Wildman–Crippen MR) is 42.3 cm³/mol. The monoisotopic (exact) mass is 194 g/mol. The molecule has 0 spiro atoms. The average molecular weight is 195 g/mol. The van der Waals surface area contributed by atoms with Crippen molar-refractivity contribution >= 4 is 36.7 Å². The lowest BCUT2D eigenvalue weighted by Crippen LogP contribution is -1.87. The highest BCUT2D eigenvalue weighted by atomic mass is 79.9. The lowest BCUT2D eigenvalue weighted by atomic mass is 10.5. The first-order valence-electron chi connectivity index (χ1n) is 2.16. The van der Waals surface area contributed by atoms with E-state index in [0.717, 1.165) is 11.8 Å². The van der Waals surface area contributed by atoms with Crippen LogP contribution in [-0.2, 0) is 0 Å². The van der Waals surface area contributed by atoms with Crippen LogP contribution in [0.4, 0.5) is 0 Å². The number of rotatable bonds is 1. The minimum absolute atomic E-state index is 0.310. The smallest absolute Gasteiger partial charge is 0.137 e. The van der Waals surface area contributed by atoms with Gasteiger partial charge in [-0.25, -0.2) is 0 Å². The largest absolute Gasteiger partial charge is 0.298 e. The fraction of sp³-hybridized carbons (Fsp3) is 0.500. The first-order valence-corrected chi connectivity index (χ1v) is 3.77. The summed E-state index contributed by atoms with van der Waals surface area (Å²) in [6.07, 6.45) is 0.707. The van der Waals surface area contributed by atoms with Crippen molar-refractivity contribution in [3.05, 3.63) is 0 Å². The third-order valence-electron chi connectivity index (χ3n) is 0.534. The van der Waals surface area contributed by atoms with E-state index in [1.54, 1.807) is 0 Å². The van der Waals surface area contributed by atoms with E-state index in [1.165, 1.54) is 0 Å². The SMILES string of the molecule is CCC(=N)SC(=N)Br. The van der Waals surface area contributed by atoms with Gasteiger partial charge in [0.1, 0.15) is 3.95 Å². The van der Waals surface area contributed by atoms with E-state index in [9.17, 15) is 0 Å². The van der Waals surface area contributed by atoms with Gasteiger partial charge in [-0.05, 0) is 34.1 Å². The molecule has 0 aromatic heterocycles. The molecule has 0 atom stereocenters. The van der Waals surface area contributed by atoms with Crippen molar-refractivity contribution in [3.63, 3.8) is 0 Å². The van der Waals surface area contributed by atoms with Gasteiger partial charge in [-0.15, -0.1) is 0 Å². The van der Waals surface area contributed by atoms with Crippen LogP contribution in [0, 0.1) is 10.8 Å². The maximum atomic E-state index is 7.06. The van der Waals surface area contributed by atoms with E-state index in [0.29, 0.717) is 15.4 Å². The Morgan fingerprint density at radius 1 is 1.62 bits per heavy atom. The van der Waals surface area contributed by atoms with Gasteiger partial charge in [0.05, 0.1) is 5.04 Å². The van der Waals surface area contributed by atoms with Crippen LogP contribution in [0.1, 0.15) is 13.3 Å². The number of nitrogens with one attached hydrogen (secondary N) is 2. The van der Waals surface area contributed by atoms with Crippen LogP contribution < -0.4 is 0 Å². The summed E-state index contributed by atoms with van der Waals surface area (Å²) >= 11 is 4.06. The highest BCUT2D eigenvalue weighted by Gasteiger charge is 1.94. The second kappa shape index (κ2) is 4.09. The molecule has 0 aliphatic rings. The lowest BCUT2D eigenvalue weighted by Gasteiger charge is -1.92. The van der Waals surface area contributed by atoms with Crippen LogP contribution in [0.5, 0.6) is 0 Å². The van der Waals surface area contributed by atoms with E-state index in [2.05, 4.69) is 15.9 Å². The molecule has 0 amide bonds. The van der Waals surface area contributed by atoms with Crippen molar-refractivity contribution < 1.29 is 0 Å². The van der Waals surface area contributed by atoms with Gasteiger partial charge >= 0.3 is 0 Å². The van der Waals surface area contributed by atoms with Crippen LogP contribution in [0.2, 0.25) is 0 Å². The Morgan fingerprint density at radius 2 is 2.12 bits per heavy atom. The van der Waals surface area contributed by atoms with E-state index >= 15 is 0 Å². The number of thioether (sulfide) groups is 1. The molecular weight excluding hydrogens is 188 g/mol. The summed E-state index contributed by atoms with van der Waals surface area (Å²) in [5.41, 5.74) is 0. The van der Waals surface area contributed by atoms with Crippen LogP contribution in [0.3, 0.4) is 0 Å². The minimum Gasteiger partial charge on any atom is -0.298 e. The van der Waals surface area contributed by atoms with Gasteiger partial charge < -0.3 is 0 Å². The third kappa shape index (κ3) is 4.33. The molecule has 0 saturated heterocycles. The Balaban J connectivity index is 3.40. The Morgan fingerprint density at radius 3 is 2.25 bits per heavy atom. The highest BCUT2D eigenvalue weighted by molar-refractivity contribution is 9.22. The van der Waals surface area contributed by atoms with E-state index in [-0.39, 0.29) is 0 Å². The molecule has 0 aliphatic carbocycles. The average Bonchev–Trinajstić information content (AvgIpc) is 1.65. The standard InChI is InChI=1S/C4H7BrN2S/c1-2-3(6)8-4(5)7/h6-7H,2H2,1H3. The maximum Gasteiger partial charge on any atom is 0.137 e. The molecule has 8 heavy (non-hydrogen) atoms. The van der Waals surface area contributed by atoms with Gasteiger partial charge in [0.15, 0.2) is 0 Å². The fourth-order valence-electron chi connectivity index (χ4n) is 0.180. The van der Waals surface area contributed by atoms with Gasteiger partial charge in [0.2, 0.25) is 0 Å². The van der Waals surface area contributed by atoms with E-state index in [4.69, 9.17) is 10.8 Å². The summed E-state index contributed by atoms with van der Waals surface area (Å²) in [5.74, 6) is 0. The number of hydrogen-bond donors (Lipinski definition) is 2. The van der Waals surface area contributed by atoms with Gasteiger partial charge in [-0.3, -0.25) is 10.8 Å². The summed E-state index contributed by atoms with van der Waals surface area (Å²) in [4.78, 5) is 0. The Bertz CT molecular complexity index is 113. The second-order valence-corrected chi connectivity index (χ2v) is 3.58. The van der Waals surface area contributed by atoms with Crippen LogP contribution in [-0.4, -0.2) is 9.00 Å². The Kier molecular flexibility index (Phi) is 4.18. The summed E-state index contributed by atoms with van der Waals surface area (Å²) in [6, 6.07) is 0. The van der Waals surface area contributed by atoms with Crippen LogP contribution >= 0.6 is 27.7 Å². The second-order valence-electron chi connectivity index (χ2n) is 1.15. The molecule has 46 valence electrons. The van der Waals surface area contributed by atoms with E-state index < -0.39 is 0 Å². The molecule has 4 heteroatoms. The van der Waals surface area contributed by atoms with Gasteiger partial charge in [-0.2, -0.15) is 0 Å². The molecule has 0 aromatic carbocycles. The third-order valence-corrected chi connectivity index (χ3v) is 1.73. The topological polar surface area (TPSA) is 47.7 Å². The zero-order chi connectivity index (χ0) is 6.57. The van der Waals surface area contributed by atoms with Crippen LogP contribution in [0.25, 0.3) is 0 Å². The first-order chi connectivity index (χ1) is 3.66. The quantitative estimate of drug-likeness (QED) is 0.489. The molecule has 2 nitrogen and oxygen atoms in total. The van der Waals surface area contributed by atoms with Gasteiger partial charge in [-0.1, -0.05) is 6.92 Å². The molecule has 0 saturated carbocycles. The molecule has 0 radical (unpaired) electrons. The van der Waals surface area contributed by atoms with Crippen molar-refractivity contribution in [3.8, 4) is 0 Å². The maximum absolute atomic E-state index is 7.06. The summed E-state index contributed by atoms with van der Waals surface area (Å²) in [5, 5.41) is 14.4. The van der Waals surface area contributed by atoms with Crippen molar-refractivity contribution in [2.45, 2.75) is 13.3 Å². The molecule has 0 heterocycles. The van der Waals surface area contributed by atoms with Crippen molar-refractivity contribution in [2.75, 3.05) is 0 Å². The Hall–Kier alpha value is 0.170. The number of hydrogen-bond acceptors (Lipinski definition) is 3. The van der Waals surface area contributed by atoms with Crippen molar-refractivity contribution in [1.82, 2.24) is 0 Å². The van der Waals surface area contributed by atoms with Crippen LogP contribution in [0.15, 0.2) is 0 Å². The Labute approximate surface area is 61.2 Å². The predicted octanol–water partition coefficient (Wildman–Crippen LogP) is 2.44. The van der Waals surface area contributed by atoms with Gasteiger partial charge in [0.25, 0.3) is 0 Å². The van der Waals surface area contributed by atoms with Gasteiger partial charge in [0, 0.05) is 0 Å². The molecule has 2 N–H and O–H groups in total. The molecule has 0 aliphatic heterocycles. The molecule has 0 rings (SSSR count). The summed E-state index contributed by atoms with van der Waals surface area (Å²) in [6.45, 7) is 1.89. The molecule has 0 fully saturated rings. The molecular formula is C4H7BrN2S. The molecule has 0 bridgehead atoms. The fourth-order valence-corrected chi connectivity index (χ4v) is 1.13. The highest BCUT2D eigenvalue weighted by Crippen LogP contribution is 2.10. The first kappa shape index (κ1) is 8.17. The van der Waals surface area contributed by atoms with E-state index in [1.807, 2.05) is 6.92 Å². The summed E-state index contributed by atoms with van der Waals surface area (Å²) in [7, 11) is 0. The zero-order valence-electron chi connectivity index (χ0n) is 4.49. The number of halogens is 1. The van der Waals surface area contributed by atoms with Crippen molar-refractivity contribution in [1.29, 1.82) is 10.8 Å². The molecule has 0 unspecified atom stereocenters. The van der Waals surface area contributed by atoms with Crippen molar-refractivity contribution in [2.24, 2.45) is 0 Å². The lowest BCUT2D eigenvalue weighted by molar-refractivity contribution is 1.28. The minimum atomic E-state index is 0.310. The molecule has 0 aromatic rings. The zero-order valence-corrected chi connectivity index (χ0v) is 6.90.